The van der Waals surface area contributed by atoms with Crippen molar-refractivity contribution in [2.24, 2.45) is 7.05 Å². The number of nitrogens with one attached hydrogen (secondary N) is 1. The molecule has 1 saturated carbocycles. The number of nitrogens with zero attached hydrogens (tertiary/aromatic N) is 4. The highest BCUT2D eigenvalue weighted by molar-refractivity contribution is 6.31. The largest absolute Gasteiger partial charge is 0.433 e. The standard InChI is InChI=1S/C27H25ClF3N5O2/c1-35-14-32-22-11-15(3-9-19(22)26(35)38)25(37)33-17-5-7-18(8-6-17)36(2)23-13-24(27(29,30)31)34-21-10-4-16(28)12-20(21)23/h3-4,9-14,17-18H,5-8H2,1-2H3,(H,33,37). The van der Waals surface area contributed by atoms with Crippen LogP contribution in [0.3, 0.4) is 0 Å². The first-order valence-electron chi connectivity index (χ1n) is 12.2. The van der Waals surface area contributed by atoms with Crippen LogP contribution in [0.4, 0.5) is 18.9 Å². The van der Waals surface area contributed by atoms with E-state index < -0.39 is 11.9 Å². The summed E-state index contributed by atoms with van der Waals surface area (Å²) in [5.74, 6) is -0.254. The summed E-state index contributed by atoms with van der Waals surface area (Å²) in [5, 5.41) is 4.46. The van der Waals surface area contributed by atoms with E-state index in [1.54, 1.807) is 38.4 Å². The molecule has 4 aromatic rings. The minimum atomic E-state index is -4.57. The van der Waals surface area contributed by atoms with Crippen LogP contribution in [0.1, 0.15) is 41.7 Å². The molecule has 0 saturated heterocycles. The van der Waals surface area contributed by atoms with Crippen molar-refractivity contribution in [3.05, 3.63) is 75.4 Å². The van der Waals surface area contributed by atoms with Crippen molar-refractivity contribution in [1.82, 2.24) is 19.9 Å². The molecule has 2 aromatic heterocycles. The van der Waals surface area contributed by atoms with Crippen molar-refractivity contribution in [3.8, 4) is 0 Å². The van der Waals surface area contributed by atoms with E-state index in [0.717, 1.165) is 6.07 Å². The summed E-state index contributed by atoms with van der Waals surface area (Å²) in [5.41, 5.74) is 0.391. The van der Waals surface area contributed by atoms with Gasteiger partial charge in [0.2, 0.25) is 0 Å². The van der Waals surface area contributed by atoms with Gasteiger partial charge in [-0.3, -0.25) is 9.59 Å². The van der Waals surface area contributed by atoms with Gasteiger partial charge in [0.05, 0.1) is 22.7 Å². The Morgan fingerprint density at radius 1 is 1.05 bits per heavy atom. The molecule has 0 spiro atoms. The summed E-state index contributed by atoms with van der Waals surface area (Å²) in [4.78, 5) is 35.0. The number of aromatic nitrogens is 3. The van der Waals surface area contributed by atoms with Crippen molar-refractivity contribution in [3.63, 3.8) is 0 Å². The van der Waals surface area contributed by atoms with E-state index >= 15 is 0 Å². The molecule has 1 N–H and O–H groups in total. The van der Waals surface area contributed by atoms with Gasteiger partial charge >= 0.3 is 6.18 Å². The van der Waals surface area contributed by atoms with Crippen molar-refractivity contribution < 1.29 is 18.0 Å². The summed E-state index contributed by atoms with van der Waals surface area (Å²) >= 11 is 6.15. The minimum Gasteiger partial charge on any atom is -0.371 e. The third kappa shape index (κ3) is 5.05. The lowest BCUT2D eigenvalue weighted by Gasteiger charge is -2.37. The molecule has 0 atom stereocenters. The second kappa shape index (κ2) is 9.90. The van der Waals surface area contributed by atoms with Crippen molar-refractivity contribution in [1.29, 1.82) is 0 Å². The van der Waals surface area contributed by atoms with Gasteiger partial charge in [0, 0.05) is 47.8 Å². The van der Waals surface area contributed by atoms with E-state index in [9.17, 15) is 22.8 Å². The first-order chi connectivity index (χ1) is 18.0. The number of amides is 1. The number of pyridine rings is 1. The van der Waals surface area contributed by atoms with Crippen LogP contribution in [0.15, 0.2) is 53.6 Å². The van der Waals surface area contributed by atoms with Crippen LogP contribution in [-0.4, -0.2) is 39.6 Å². The van der Waals surface area contributed by atoms with E-state index in [-0.39, 0.29) is 29.1 Å². The molecule has 1 fully saturated rings. The van der Waals surface area contributed by atoms with Crippen LogP contribution in [-0.2, 0) is 13.2 Å². The van der Waals surface area contributed by atoms with Crippen LogP contribution < -0.4 is 15.8 Å². The molecule has 1 aliphatic carbocycles. The molecule has 0 bridgehead atoms. The van der Waals surface area contributed by atoms with Gasteiger partial charge in [-0.25, -0.2) is 9.97 Å². The Labute approximate surface area is 221 Å². The van der Waals surface area contributed by atoms with Gasteiger partial charge in [-0.1, -0.05) is 11.6 Å². The average molecular weight is 544 g/mol. The Morgan fingerprint density at radius 2 is 1.79 bits per heavy atom. The van der Waals surface area contributed by atoms with Crippen LogP contribution in [0, 0.1) is 0 Å². The van der Waals surface area contributed by atoms with Crippen molar-refractivity contribution >= 4 is 45.0 Å². The maximum absolute atomic E-state index is 13.5. The number of carbonyl (C=O) groups is 1. The predicted octanol–water partition coefficient (Wildman–Crippen LogP) is 5.33. The van der Waals surface area contributed by atoms with Crippen LogP contribution in [0.5, 0.6) is 0 Å². The second-order valence-electron chi connectivity index (χ2n) is 9.67. The molecule has 11 heteroatoms. The van der Waals surface area contributed by atoms with Crippen molar-refractivity contribution in [2.45, 2.75) is 43.9 Å². The Morgan fingerprint density at radius 3 is 2.50 bits per heavy atom. The van der Waals surface area contributed by atoms with Gasteiger partial charge in [0.15, 0.2) is 0 Å². The highest BCUT2D eigenvalue weighted by atomic mass is 35.5. The fourth-order valence-electron chi connectivity index (χ4n) is 5.04. The van der Waals surface area contributed by atoms with E-state index in [2.05, 4.69) is 15.3 Å². The molecular weight excluding hydrogens is 519 g/mol. The number of aryl methyl sites for hydroxylation is 1. The number of hydrogen-bond donors (Lipinski definition) is 1. The number of anilines is 1. The molecule has 38 heavy (non-hydrogen) atoms. The number of halogens is 4. The number of rotatable bonds is 4. The zero-order chi connectivity index (χ0) is 27.2. The highest BCUT2D eigenvalue weighted by Crippen LogP contribution is 2.37. The molecule has 2 heterocycles. The zero-order valence-corrected chi connectivity index (χ0v) is 21.5. The lowest BCUT2D eigenvalue weighted by molar-refractivity contribution is -0.140. The number of carbonyl (C=O) groups excluding carboxylic acids is 1. The fraction of sp³-hybridized carbons (Fsp3) is 0.333. The molecule has 1 aliphatic rings. The molecule has 198 valence electrons. The topological polar surface area (TPSA) is 80.1 Å². The van der Waals surface area contributed by atoms with E-state index in [4.69, 9.17) is 11.6 Å². The summed E-state index contributed by atoms with van der Waals surface area (Å²) in [6.45, 7) is 0. The molecule has 0 unspecified atom stereocenters. The minimum absolute atomic E-state index is 0.0186. The summed E-state index contributed by atoms with van der Waals surface area (Å²) in [7, 11) is 3.40. The van der Waals surface area contributed by atoms with Crippen LogP contribution in [0.25, 0.3) is 21.8 Å². The molecule has 0 aliphatic heterocycles. The monoisotopic (exact) mass is 543 g/mol. The van der Waals surface area contributed by atoms with Gasteiger partial charge in [0.25, 0.3) is 11.5 Å². The summed E-state index contributed by atoms with van der Waals surface area (Å²) in [6, 6.07) is 10.5. The maximum atomic E-state index is 13.5. The Hall–Kier alpha value is -3.66. The third-order valence-corrected chi connectivity index (χ3v) is 7.41. The Bertz CT molecular complexity index is 1600. The van der Waals surface area contributed by atoms with Crippen molar-refractivity contribution in [2.75, 3.05) is 11.9 Å². The molecule has 5 rings (SSSR count). The first-order valence-corrected chi connectivity index (χ1v) is 12.6. The normalized spacial score (nSPS) is 18.1. The zero-order valence-electron chi connectivity index (χ0n) is 20.7. The lowest BCUT2D eigenvalue weighted by Crippen LogP contribution is -2.43. The fourth-order valence-corrected chi connectivity index (χ4v) is 5.21. The number of fused-ring (bicyclic) bond motifs is 2. The molecule has 1 amide bonds. The molecule has 7 nitrogen and oxygen atoms in total. The van der Waals surface area contributed by atoms with E-state index in [1.807, 2.05) is 4.90 Å². The van der Waals surface area contributed by atoms with Crippen LogP contribution >= 0.6 is 11.6 Å². The quantitative estimate of drug-likeness (QED) is 0.376. The summed E-state index contributed by atoms with van der Waals surface area (Å²) < 4.78 is 42.0. The van der Waals surface area contributed by atoms with Gasteiger partial charge < -0.3 is 14.8 Å². The maximum Gasteiger partial charge on any atom is 0.433 e. The number of alkyl halides is 3. The average Bonchev–Trinajstić information content (AvgIpc) is 2.89. The van der Waals surface area contributed by atoms with Gasteiger partial charge in [-0.05, 0) is 68.1 Å². The Balaban J connectivity index is 1.30. The number of hydrogen-bond acceptors (Lipinski definition) is 5. The van der Waals surface area contributed by atoms with E-state index in [1.165, 1.54) is 23.0 Å². The summed E-state index contributed by atoms with van der Waals surface area (Å²) in [6.07, 6.45) is -0.449. The Kier molecular flexibility index (Phi) is 6.77. The van der Waals surface area contributed by atoms with Gasteiger partial charge in [0.1, 0.15) is 5.69 Å². The predicted molar refractivity (Wildman–Crippen MR) is 141 cm³/mol. The smallest absolute Gasteiger partial charge is 0.371 e. The highest BCUT2D eigenvalue weighted by Gasteiger charge is 2.35. The molecule has 2 aromatic carbocycles. The van der Waals surface area contributed by atoms with Gasteiger partial charge in [-0.2, -0.15) is 13.2 Å². The second-order valence-corrected chi connectivity index (χ2v) is 10.1. The molecule has 0 radical (unpaired) electrons. The SMILES string of the molecule is CN(c1cc(C(F)(F)F)nc2ccc(Cl)cc12)C1CCC(NC(=O)c2ccc3c(=O)n(C)cnc3c2)CC1. The number of benzene rings is 2. The van der Waals surface area contributed by atoms with Crippen LogP contribution in [0.2, 0.25) is 5.02 Å². The molecular formula is C27H25ClF3N5O2. The van der Waals surface area contributed by atoms with Gasteiger partial charge in [-0.15, -0.1) is 0 Å². The first kappa shape index (κ1) is 26.0. The lowest BCUT2D eigenvalue weighted by atomic mass is 9.89. The van der Waals surface area contributed by atoms with E-state index in [0.29, 0.717) is 58.2 Å². The third-order valence-electron chi connectivity index (χ3n) is 7.18.